The van der Waals surface area contributed by atoms with Gasteiger partial charge in [0, 0.05) is 18.6 Å². The lowest BCUT2D eigenvalue weighted by molar-refractivity contribution is -0.135. The van der Waals surface area contributed by atoms with E-state index in [-0.39, 0.29) is 28.5 Å². The van der Waals surface area contributed by atoms with Crippen molar-refractivity contribution in [2.75, 3.05) is 0 Å². The molecule has 25 heavy (non-hydrogen) atoms. The van der Waals surface area contributed by atoms with Crippen molar-refractivity contribution in [3.05, 3.63) is 54.9 Å². The first-order chi connectivity index (χ1) is 11.8. The average molecular weight is 428 g/mol. The Balaban J connectivity index is 1.94. The fourth-order valence-electron chi connectivity index (χ4n) is 2.37. The molecule has 3 aromatic rings. The summed E-state index contributed by atoms with van der Waals surface area (Å²) in [5.41, 5.74) is -0.692. The van der Waals surface area contributed by atoms with E-state index in [0.29, 0.717) is 0 Å². The van der Waals surface area contributed by atoms with E-state index in [1.54, 1.807) is 18.2 Å². The molecule has 0 bridgehead atoms. The van der Waals surface area contributed by atoms with Crippen molar-refractivity contribution in [2.45, 2.75) is 6.54 Å². The molecule has 2 aromatic heterocycles. The topological polar surface area (TPSA) is 88.1 Å². The third-order valence-corrected chi connectivity index (χ3v) is 4.42. The molecule has 0 saturated carbocycles. The predicted octanol–water partition coefficient (Wildman–Crippen LogP) is 1.46. The summed E-state index contributed by atoms with van der Waals surface area (Å²) in [6, 6.07) is 4.84. The normalized spacial score (nSPS) is 11.0. The Morgan fingerprint density at radius 1 is 1.28 bits per heavy atom. The quantitative estimate of drug-likeness (QED) is 0.466. The van der Waals surface area contributed by atoms with Crippen LogP contribution in [0.5, 0.6) is 5.75 Å². The number of ether oxygens (including phenoxy) is 1. The highest BCUT2D eigenvalue weighted by Gasteiger charge is 2.17. The lowest BCUT2D eigenvalue weighted by Gasteiger charge is -2.08. The molecule has 0 atom stereocenters. The van der Waals surface area contributed by atoms with Crippen molar-refractivity contribution in [1.82, 2.24) is 18.7 Å². The number of benzene rings is 1. The van der Waals surface area contributed by atoms with E-state index in [2.05, 4.69) is 20.9 Å². The molecule has 0 spiro atoms. The Morgan fingerprint density at radius 2 is 2.00 bits per heavy atom. The average Bonchev–Trinajstić information content (AvgIpc) is 2.97. The lowest BCUT2D eigenvalue weighted by atomic mass is 10.3. The van der Waals surface area contributed by atoms with Gasteiger partial charge in [0.05, 0.1) is 11.3 Å². The minimum atomic E-state index is -0.626. The first-order valence-corrected chi connectivity index (χ1v) is 8.23. The maximum atomic E-state index is 12.3. The number of halogens is 2. The maximum absolute atomic E-state index is 12.3. The van der Waals surface area contributed by atoms with Gasteiger partial charge in [0.2, 0.25) is 0 Å². The van der Waals surface area contributed by atoms with Gasteiger partial charge in [0.1, 0.15) is 12.3 Å². The Kier molecular flexibility index (Phi) is 4.53. The van der Waals surface area contributed by atoms with Gasteiger partial charge < -0.3 is 9.30 Å². The number of hydrogen-bond donors (Lipinski definition) is 0. The van der Waals surface area contributed by atoms with Gasteiger partial charge in [-0.2, -0.15) is 0 Å². The summed E-state index contributed by atoms with van der Waals surface area (Å²) in [5.74, 6) is -0.418. The summed E-state index contributed by atoms with van der Waals surface area (Å²) < 4.78 is 9.52. The second kappa shape index (κ2) is 6.49. The second-order valence-electron chi connectivity index (χ2n) is 5.30. The van der Waals surface area contributed by atoms with Crippen LogP contribution in [-0.2, 0) is 25.4 Å². The summed E-state index contributed by atoms with van der Waals surface area (Å²) in [5, 5.41) is 0.275. The smallest absolute Gasteiger partial charge is 0.332 e. The van der Waals surface area contributed by atoms with Gasteiger partial charge in [-0.3, -0.25) is 13.9 Å². The molecule has 0 unspecified atom stereocenters. The minimum Gasteiger partial charge on any atom is -0.424 e. The van der Waals surface area contributed by atoms with Gasteiger partial charge in [-0.15, -0.1) is 0 Å². The van der Waals surface area contributed by atoms with E-state index >= 15 is 0 Å². The van der Waals surface area contributed by atoms with Crippen molar-refractivity contribution < 1.29 is 9.53 Å². The van der Waals surface area contributed by atoms with Gasteiger partial charge in [0.15, 0.2) is 11.2 Å². The number of aromatic nitrogens is 4. The molecule has 1 aromatic carbocycles. The fraction of sp³-hybridized carbons (Fsp3) is 0.200. The van der Waals surface area contributed by atoms with E-state index in [4.69, 9.17) is 16.3 Å². The van der Waals surface area contributed by atoms with Gasteiger partial charge in [-0.1, -0.05) is 27.5 Å². The van der Waals surface area contributed by atoms with Crippen molar-refractivity contribution in [2.24, 2.45) is 14.1 Å². The molecule has 0 aliphatic carbocycles. The maximum Gasteiger partial charge on any atom is 0.332 e. The van der Waals surface area contributed by atoms with Gasteiger partial charge >= 0.3 is 11.7 Å². The molecule has 0 amide bonds. The van der Waals surface area contributed by atoms with Crippen LogP contribution in [0.15, 0.2) is 38.6 Å². The largest absolute Gasteiger partial charge is 0.424 e. The van der Waals surface area contributed by atoms with E-state index < -0.39 is 17.2 Å². The number of nitrogens with zero attached hydrogens (tertiary/aromatic N) is 4. The Labute approximate surface area is 154 Å². The monoisotopic (exact) mass is 426 g/mol. The number of hydrogen-bond acceptors (Lipinski definition) is 5. The van der Waals surface area contributed by atoms with E-state index in [1.807, 2.05) is 0 Å². The standard InChI is InChI=1S/C15H12BrClN4O4/c1-19-13-12(14(23)20(2)15(19)24)21(7-18-13)6-11(22)25-10-4-3-8(16)5-9(10)17/h3-5,7H,6H2,1-2H3. The fourth-order valence-corrected chi connectivity index (χ4v) is 3.08. The van der Waals surface area contributed by atoms with Crippen LogP contribution in [0.25, 0.3) is 11.2 Å². The molecule has 0 fully saturated rings. The van der Waals surface area contributed by atoms with E-state index in [9.17, 15) is 14.4 Å². The highest BCUT2D eigenvalue weighted by atomic mass is 79.9. The number of rotatable bonds is 3. The summed E-state index contributed by atoms with van der Waals surface area (Å²) in [7, 11) is 2.86. The lowest BCUT2D eigenvalue weighted by Crippen LogP contribution is -2.37. The minimum absolute atomic E-state index is 0.142. The van der Waals surface area contributed by atoms with Crippen LogP contribution >= 0.6 is 27.5 Å². The van der Waals surface area contributed by atoms with Crippen molar-refractivity contribution in [3.63, 3.8) is 0 Å². The Hall–Kier alpha value is -2.39. The van der Waals surface area contributed by atoms with Crippen LogP contribution in [-0.4, -0.2) is 24.7 Å². The zero-order valence-electron chi connectivity index (χ0n) is 13.2. The molecule has 0 aliphatic heterocycles. The Morgan fingerprint density at radius 3 is 2.68 bits per heavy atom. The Bertz CT molecular complexity index is 1120. The van der Waals surface area contributed by atoms with Crippen LogP contribution in [0.4, 0.5) is 0 Å². The number of carbonyl (C=O) groups is 1. The molecule has 130 valence electrons. The van der Waals surface area contributed by atoms with Gasteiger partial charge in [-0.05, 0) is 18.2 Å². The first kappa shape index (κ1) is 17.4. The number of esters is 1. The van der Waals surface area contributed by atoms with Crippen LogP contribution in [0.2, 0.25) is 5.02 Å². The molecule has 8 nitrogen and oxygen atoms in total. The third-order valence-electron chi connectivity index (χ3n) is 3.63. The molecule has 0 aliphatic rings. The number of fused-ring (bicyclic) bond motifs is 1. The first-order valence-electron chi connectivity index (χ1n) is 7.06. The molecule has 0 saturated heterocycles. The molecule has 3 rings (SSSR count). The molecular weight excluding hydrogens is 416 g/mol. The van der Waals surface area contributed by atoms with Crippen molar-refractivity contribution in [3.8, 4) is 5.75 Å². The zero-order chi connectivity index (χ0) is 18.3. The summed E-state index contributed by atoms with van der Waals surface area (Å²) in [4.78, 5) is 40.5. The SMILES string of the molecule is Cn1c(=O)c2c(ncn2CC(=O)Oc2ccc(Br)cc2Cl)n(C)c1=O. The second-order valence-corrected chi connectivity index (χ2v) is 6.62. The third kappa shape index (κ3) is 3.12. The molecular formula is C15H12BrClN4O4. The van der Waals surface area contributed by atoms with Crippen molar-refractivity contribution in [1.29, 1.82) is 0 Å². The van der Waals surface area contributed by atoms with Crippen LogP contribution in [0, 0.1) is 0 Å². The van der Waals surface area contributed by atoms with Gasteiger partial charge in [0.25, 0.3) is 5.56 Å². The predicted molar refractivity (Wildman–Crippen MR) is 95.0 cm³/mol. The highest BCUT2D eigenvalue weighted by molar-refractivity contribution is 9.10. The number of carbonyl (C=O) groups excluding carboxylic acids is 1. The summed E-state index contributed by atoms with van der Waals surface area (Å²) in [6.07, 6.45) is 1.32. The molecule has 10 heteroatoms. The molecule has 0 N–H and O–H groups in total. The number of imidazole rings is 1. The van der Waals surface area contributed by atoms with Gasteiger partial charge in [-0.25, -0.2) is 14.6 Å². The summed E-state index contributed by atoms with van der Waals surface area (Å²) >= 11 is 9.28. The van der Waals surface area contributed by atoms with E-state index in [0.717, 1.165) is 9.04 Å². The van der Waals surface area contributed by atoms with Crippen molar-refractivity contribution >= 4 is 44.7 Å². The van der Waals surface area contributed by atoms with Crippen LogP contribution in [0.3, 0.4) is 0 Å². The number of aryl methyl sites for hydroxylation is 1. The zero-order valence-corrected chi connectivity index (χ0v) is 15.5. The molecule has 2 heterocycles. The highest BCUT2D eigenvalue weighted by Crippen LogP contribution is 2.27. The van der Waals surface area contributed by atoms with E-state index in [1.165, 1.54) is 29.6 Å². The molecule has 0 radical (unpaired) electrons. The summed E-state index contributed by atoms with van der Waals surface area (Å²) in [6.45, 7) is -0.254. The van der Waals surface area contributed by atoms with Crippen LogP contribution in [0.1, 0.15) is 0 Å². The van der Waals surface area contributed by atoms with Crippen LogP contribution < -0.4 is 16.0 Å².